The van der Waals surface area contributed by atoms with E-state index in [4.69, 9.17) is 4.74 Å². The van der Waals surface area contributed by atoms with Gasteiger partial charge in [-0.15, -0.1) is 0 Å². The SMILES string of the molecule is CC1(C)C(=O)Nc2ccc(S(=O)(=O)N3CC[C@@H](Oc4cccnc4)C3)cc21. The van der Waals surface area contributed by atoms with Gasteiger partial charge in [0.25, 0.3) is 0 Å². The van der Waals surface area contributed by atoms with Gasteiger partial charge in [-0.3, -0.25) is 9.78 Å². The Kier molecular flexibility index (Phi) is 4.20. The second kappa shape index (κ2) is 6.31. The van der Waals surface area contributed by atoms with Gasteiger partial charge in [-0.2, -0.15) is 4.31 Å². The highest BCUT2D eigenvalue weighted by atomic mass is 32.2. The van der Waals surface area contributed by atoms with Crippen LogP contribution in [0.1, 0.15) is 25.8 Å². The topological polar surface area (TPSA) is 88.6 Å². The van der Waals surface area contributed by atoms with E-state index in [0.717, 1.165) is 0 Å². The molecule has 0 radical (unpaired) electrons. The van der Waals surface area contributed by atoms with Crippen molar-refractivity contribution in [2.45, 2.75) is 36.7 Å². The molecule has 1 aromatic carbocycles. The number of benzene rings is 1. The standard InChI is InChI=1S/C19H21N3O4S/c1-19(2)16-10-15(5-6-17(16)21-18(19)23)27(24,25)22-9-7-14(12-22)26-13-4-3-8-20-11-13/h3-6,8,10-11,14H,7,9,12H2,1-2H3,(H,21,23)/t14-/m1/s1. The number of carbonyl (C=O) groups excluding carboxylic acids is 1. The molecule has 1 amide bonds. The van der Waals surface area contributed by atoms with Gasteiger partial charge in [-0.25, -0.2) is 8.42 Å². The maximum Gasteiger partial charge on any atom is 0.243 e. The largest absolute Gasteiger partial charge is 0.487 e. The first-order valence-corrected chi connectivity index (χ1v) is 10.3. The maximum atomic E-state index is 13.1. The quantitative estimate of drug-likeness (QED) is 0.868. The van der Waals surface area contributed by atoms with Crippen molar-refractivity contribution in [1.82, 2.24) is 9.29 Å². The lowest BCUT2D eigenvalue weighted by molar-refractivity contribution is -0.119. The minimum Gasteiger partial charge on any atom is -0.487 e. The molecule has 4 rings (SSSR count). The molecule has 27 heavy (non-hydrogen) atoms. The fourth-order valence-electron chi connectivity index (χ4n) is 3.48. The number of hydrogen-bond donors (Lipinski definition) is 1. The molecular weight excluding hydrogens is 366 g/mol. The van der Waals surface area contributed by atoms with Crippen molar-refractivity contribution in [3.8, 4) is 5.75 Å². The van der Waals surface area contributed by atoms with Crippen molar-refractivity contribution in [3.05, 3.63) is 48.3 Å². The Morgan fingerprint density at radius 1 is 1.30 bits per heavy atom. The molecule has 0 saturated carbocycles. The Bertz CT molecular complexity index is 989. The molecule has 1 fully saturated rings. The summed E-state index contributed by atoms with van der Waals surface area (Å²) in [5.41, 5.74) is 0.622. The predicted octanol–water partition coefficient (Wildman–Crippen LogP) is 2.15. The average molecular weight is 387 g/mol. The highest BCUT2D eigenvalue weighted by Crippen LogP contribution is 2.39. The molecule has 2 aliphatic rings. The third-order valence-corrected chi connectivity index (χ3v) is 7.02. The van der Waals surface area contributed by atoms with Crippen LogP contribution in [0, 0.1) is 0 Å². The third-order valence-electron chi connectivity index (χ3n) is 5.16. The predicted molar refractivity (Wildman–Crippen MR) is 100 cm³/mol. The van der Waals surface area contributed by atoms with E-state index in [9.17, 15) is 13.2 Å². The van der Waals surface area contributed by atoms with E-state index in [1.807, 2.05) is 0 Å². The number of nitrogens with zero attached hydrogens (tertiary/aromatic N) is 2. The summed E-state index contributed by atoms with van der Waals surface area (Å²) >= 11 is 0. The summed E-state index contributed by atoms with van der Waals surface area (Å²) in [6, 6.07) is 8.40. The molecule has 0 aliphatic carbocycles. The van der Waals surface area contributed by atoms with Crippen LogP contribution in [0.15, 0.2) is 47.6 Å². The summed E-state index contributed by atoms with van der Waals surface area (Å²) in [6.07, 6.45) is 3.68. The molecule has 2 aromatic rings. The molecule has 0 unspecified atom stereocenters. The molecule has 1 atom stereocenters. The smallest absolute Gasteiger partial charge is 0.243 e. The van der Waals surface area contributed by atoms with Crippen LogP contribution in [-0.4, -0.2) is 42.8 Å². The van der Waals surface area contributed by atoms with Crippen LogP contribution in [0.3, 0.4) is 0 Å². The second-order valence-electron chi connectivity index (χ2n) is 7.37. The lowest BCUT2D eigenvalue weighted by Crippen LogP contribution is -2.31. The number of rotatable bonds is 4. The summed E-state index contributed by atoms with van der Waals surface area (Å²) < 4.78 is 33.4. The normalized spacial score (nSPS) is 21.7. The van der Waals surface area contributed by atoms with E-state index < -0.39 is 15.4 Å². The van der Waals surface area contributed by atoms with Crippen LogP contribution >= 0.6 is 0 Å². The lowest BCUT2D eigenvalue weighted by Gasteiger charge is -2.19. The highest BCUT2D eigenvalue weighted by molar-refractivity contribution is 7.89. The summed E-state index contributed by atoms with van der Waals surface area (Å²) in [6.45, 7) is 4.26. The fraction of sp³-hybridized carbons (Fsp3) is 0.368. The van der Waals surface area contributed by atoms with E-state index in [1.54, 1.807) is 56.6 Å². The molecule has 3 heterocycles. The first-order chi connectivity index (χ1) is 12.8. The van der Waals surface area contributed by atoms with Gasteiger partial charge in [0.2, 0.25) is 15.9 Å². The molecule has 142 valence electrons. The number of pyridine rings is 1. The van der Waals surface area contributed by atoms with Crippen LogP contribution in [-0.2, 0) is 20.2 Å². The molecule has 0 bridgehead atoms. The van der Waals surface area contributed by atoms with Crippen molar-refractivity contribution >= 4 is 21.6 Å². The summed E-state index contributed by atoms with van der Waals surface area (Å²) in [5, 5.41) is 2.80. The highest BCUT2D eigenvalue weighted by Gasteiger charge is 2.40. The molecule has 2 aliphatic heterocycles. The van der Waals surface area contributed by atoms with Gasteiger partial charge in [0, 0.05) is 18.4 Å². The maximum absolute atomic E-state index is 13.1. The minimum atomic E-state index is -3.65. The average Bonchev–Trinajstić information content (AvgIpc) is 3.19. The lowest BCUT2D eigenvalue weighted by atomic mass is 9.86. The number of fused-ring (bicyclic) bond motifs is 1. The van der Waals surface area contributed by atoms with E-state index in [2.05, 4.69) is 10.3 Å². The first kappa shape index (κ1) is 17.9. The molecule has 8 heteroatoms. The number of hydrogen-bond acceptors (Lipinski definition) is 5. The van der Waals surface area contributed by atoms with Crippen LogP contribution in [0.5, 0.6) is 5.75 Å². The Morgan fingerprint density at radius 3 is 2.85 bits per heavy atom. The van der Waals surface area contributed by atoms with E-state index >= 15 is 0 Å². The Morgan fingerprint density at radius 2 is 2.11 bits per heavy atom. The van der Waals surface area contributed by atoms with E-state index in [0.29, 0.717) is 30.0 Å². The van der Waals surface area contributed by atoms with Gasteiger partial charge < -0.3 is 10.1 Å². The third kappa shape index (κ3) is 3.08. The van der Waals surface area contributed by atoms with Crippen molar-refractivity contribution in [2.75, 3.05) is 18.4 Å². The molecule has 1 N–H and O–H groups in total. The molecular formula is C19H21N3O4S. The van der Waals surface area contributed by atoms with Crippen molar-refractivity contribution < 1.29 is 17.9 Å². The zero-order chi connectivity index (χ0) is 19.2. The summed E-state index contributed by atoms with van der Waals surface area (Å²) in [5.74, 6) is 0.503. The number of nitrogens with one attached hydrogen (secondary N) is 1. The van der Waals surface area contributed by atoms with E-state index in [1.165, 1.54) is 4.31 Å². The molecule has 1 aromatic heterocycles. The number of amides is 1. The molecule has 1 saturated heterocycles. The van der Waals surface area contributed by atoms with Crippen molar-refractivity contribution in [3.63, 3.8) is 0 Å². The zero-order valence-electron chi connectivity index (χ0n) is 15.2. The van der Waals surface area contributed by atoms with E-state index in [-0.39, 0.29) is 23.5 Å². The Hall–Kier alpha value is -2.45. The second-order valence-corrected chi connectivity index (χ2v) is 9.30. The number of aromatic nitrogens is 1. The van der Waals surface area contributed by atoms with Crippen molar-refractivity contribution in [2.24, 2.45) is 0 Å². The monoisotopic (exact) mass is 387 g/mol. The Labute approximate surface area is 158 Å². The number of carbonyl (C=O) groups is 1. The fourth-order valence-corrected chi connectivity index (χ4v) is 4.99. The van der Waals surface area contributed by atoms with Crippen LogP contribution in [0.4, 0.5) is 5.69 Å². The van der Waals surface area contributed by atoms with Gasteiger partial charge in [0.15, 0.2) is 0 Å². The number of anilines is 1. The summed E-state index contributed by atoms with van der Waals surface area (Å²) in [4.78, 5) is 16.3. The van der Waals surface area contributed by atoms with Crippen molar-refractivity contribution in [1.29, 1.82) is 0 Å². The van der Waals surface area contributed by atoms with Gasteiger partial charge in [0.1, 0.15) is 11.9 Å². The Balaban J connectivity index is 1.55. The van der Waals surface area contributed by atoms with Gasteiger partial charge in [-0.1, -0.05) is 0 Å². The molecule has 7 nitrogen and oxygen atoms in total. The minimum absolute atomic E-state index is 0.127. The molecule has 0 spiro atoms. The summed E-state index contributed by atoms with van der Waals surface area (Å²) in [7, 11) is -3.65. The van der Waals surface area contributed by atoms with Gasteiger partial charge in [-0.05, 0) is 56.2 Å². The van der Waals surface area contributed by atoms with Crippen LogP contribution in [0.25, 0.3) is 0 Å². The van der Waals surface area contributed by atoms with Gasteiger partial charge >= 0.3 is 0 Å². The van der Waals surface area contributed by atoms with Crippen LogP contribution in [0.2, 0.25) is 0 Å². The first-order valence-electron chi connectivity index (χ1n) is 8.81. The van der Waals surface area contributed by atoms with Crippen LogP contribution < -0.4 is 10.1 Å². The van der Waals surface area contributed by atoms with Gasteiger partial charge in [0.05, 0.1) is 23.1 Å². The number of ether oxygens (including phenoxy) is 1. The number of sulfonamides is 1. The zero-order valence-corrected chi connectivity index (χ0v) is 16.0.